The third-order valence-corrected chi connectivity index (χ3v) is 3.74. The van der Waals surface area contributed by atoms with Crippen LogP contribution in [0.25, 0.3) is 0 Å². The van der Waals surface area contributed by atoms with Crippen molar-refractivity contribution in [3.8, 4) is 23.0 Å². The maximum Gasteiger partial charge on any atom is 0.284 e. The first-order valence-corrected chi connectivity index (χ1v) is 8.33. The number of para-hydroxylation sites is 2. The monoisotopic (exact) mass is 386 g/mol. The van der Waals surface area contributed by atoms with Crippen LogP contribution in [0.4, 0.5) is 5.69 Å². The van der Waals surface area contributed by atoms with Crippen molar-refractivity contribution >= 4 is 17.8 Å². The summed E-state index contributed by atoms with van der Waals surface area (Å²) in [5, 5.41) is 26.7. The van der Waals surface area contributed by atoms with Crippen LogP contribution in [0, 0.1) is 10.1 Å². The van der Waals surface area contributed by atoms with Gasteiger partial charge in [0.05, 0.1) is 17.7 Å². The van der Waals surface area contributed by atoms with E-state index in [-0.39, 0.29) is 24.5 Å². The van der Waals surface area contributed by atoms with Gasteiger partial charge in [-0.1, -0.05) is 12.1 Å². The molecule has 0 fully saturated rings. The fourth-order valence-corrected chi connectivity index (χ4v) is 2.47. The Balaban J connectivity index is 1.69. The predicted octanol–water partition coefficient (Wildman–Crippen LogP) is 1.36. The summed E-state index contributed by atoms with van der Waals surface area (Å²) in [6.45, 7) is 1.84. The molecule has 146 valence electrons. The molecule has 1 N–H and O–H groups in total. The average Bonchev–Trinajstić information content (AvgIpc) is 2.69. The van der Waals surface area contributed by atoms with Gasteiger partial charge in [0.1, 0.15) is 12.4 Å². The van der Waals surface area contributed by atoms with E-state index in [0.29, 0.717) is 11.5 Å². The van der Waals surface area contributed by atoms with Gasteiger partial charge in [0.25, 0.3) is 11.6 Å². The lowest BCUT2D eigenvalue weighted by Crippen LogP contribution is -2.42. The number of nitrogens with zero attached hydrogens (tertiary/aromatic N) is 2. The third-order valence-electron chi connectivity index (χ3n) is 3.74. The zero-order chi connectivity index (χ0) is 20.1. The Morgan fingerprint density at radius 2 is 2.14 bits per heavy atom. The maximum atomic E-state index is 12.2. The fourth-order valence-electron chi connectivity index (χ4n) is 2.47. The minimum atomic E-state index is -0.899. The van der Waals surface area contributed by atoms with Crippen LogP contribution in [-0.2, 0) is 4.79 Å². The number of carbonyl (C=O) groups is 1. The number of benzene rings is 2. The Morgan fingerprint density at radius 1 is 1.39 bits per heavy atom. The lowest BCUT2D eigenvalue weighted by molar-refractivity contribution is -0.398. The molecule has 0 radical (unpaired) electrons. The van der Waals surface area contributed by atoms with Crippen LogP contribution in [0.2, 0.25) is 0 Å². The molecule has 0 saturated carbocycles. The second kappa shape index (κ2) is 8.25. The van der Waals surface area contributed by atoms with Crippen LogP contribution in [0.3, 0.4) is 0 Å². The molecule has 28 heavy (non-hydrogen) atoms. The largest absolute Gasteiger partial charge is 0.865 e. The van der Waals surface area contributed by atoms with E-state index >= 15 is 0 Å². The Morgan fingerprint density at radius 3 is 2.86 bits per heavy atom. The Bertz CT molecular complexity index is 929. The summed E-state index contributed by atoms with van der Waals surface area (Å²) in [7, 11) is 0. The van der Waals surface area contributed by atoms with E-state index in [2.05, 4.69) is 10.5 Å². The number of ether oxygens (including phenoxy) is 3. The van der Waals surface area contributed by atoms with E-state index in [0.717, 1.165) is 6.07 Å². The van der Waals surface area contributed by atoms with Crippen molar-refractivity contribution in [2.24, 2.45) is 5.10 Å². The molecule has 0 aliphatic carbocycles. The van der Waals surface area contributed by atoms with Crippen molar-refractivity contribution in [3.05, 3.63) is 52.1 Å². The highest BCUT2D eigenvalue weighted by Gasteiger charge is 2.27. The first kappa shape index (κ1) is 19.0. The standard InChI is InChI=1S/C18H17N3O7/c1-2-26-15-8-11(7-12(17(15)22)21(24)25)9-19-20-18(23)16-10-27-13-5-3-4-6-14(13)28-16/h3-9,16,22H,2,10H2,1H3,(H,20,23)/p-1/t16-/m0/s1. The van der Waals surface area contributed by atoms with Crippen molar-refractivity contribution in [3.63, 3.8) is 0 Å². The highest BCUT2D eigenvalue weighted by molar-refractivity contribution is 5.86. The van der Waals surface area contributed by atoms with Gasteiger partial charge in [-0.2, -0.15) is 5.10 Å². The lowest BCUT2D eigenvalue weighted by Gasteiger charge is -2.24. The molecule has 0 saturated heterocycles. The minimum Gasteiger partial charge on any atom is -0.865 e. The van der Waals surface area contributed by atoms with Gasteiger partial charge < -0.3 is 19.3 Å². The number of fused-ring (bicyclic) bond motifs is 1. The molecule has 0 aromatic heterocycles. The molecule has 1 aliphatic rings. The number of nitrogens with one attached hydrogen (secondary N) is 1. The predicted molar refractivity (Wildman–Crippen MR) is 95.8 cm³/mol. The van der Waals surface area contributed by atoms with Crippen molar-refractivity contribution in [1.29, 1.82) is 0 Å². The van der Waals surface area contributed by atoms with E-state index in [4.69, 9.17) is 14.2 Å². The second-order valence-corrected chi connectivity index (χ2v) is 5.66. The molecule has 1 amide bonds. The first-order chi connectivity index (χ1) is 13.5. The molecule has 2 aromatic carbocycles. The molecule has 0 unspecified atom stereocenters. The van der Waals surface area contributed by atoms with Crippen LogP contribution in [-0.4, -0.2) is 36.4 Å². The smallest absolute Gasteiger partial charge is 0.284 e. The number of hydrogen-bond donors (Lipinski definition) is 1. The van der Waals surface area contributed by atoms with Gasteiger partial charge in [0, 0.05) is 17.4 Å². The van der Waals surface area contributed by atoms with E-state index < -0.39 is 28.4 Å². The molecule has 10 heteroatoms. The number of hydrazone groups is 1. The number of hydrogen-bond acceptors (Lipinski definition) is 8. The van der Waals surface area contributed by atoms with E-state index in [9.17, 15) is 20.0 Å². The lowest BCUT2D eigenvalue weighted by atomic mass is 10.2. The van der Waals surface area contributed by atoms with E-state index in [1.165, 1.54) is 12.3 Å². The summed E-state index contributed by atoms with van der Waals surface area (Å²) in [4.78, 5) is 22.4. The highest BCUT2D eigenvalue weighted by Crippen LogP contribution is 2.34. The van der Waals surface area contributed by atoms with Gasteiger partial charge in [-0.25, -0.2) is 5.43 Å². The summed E-state index contributed by atoms with van der Waals surface area (Å²) in [6, 6.07) is 9.31. The fraction of sp³-hybridized carbons (Fsp3) is 0.222. The zero-order valence-electron chi connectivity index (χ0n) is 14.8. The van der Waals surface area contributed by atoms with Crippen LogP contribution in [0.1, 0.15) is 12.5 Å². The van der Waals surface area contributed by atoms with Gasteiger partial charge in [-0.05, 0) is 25.1 Å². The zero-order valence-corrected chi connectivity index (χ0v) is 14.8. The van der Waals surface area contributed by atoms with Crippen molar-refractivity contribution in [2.45, 2.75) is 13.0 Å². The summed E-state index contributed by atoms with van der Waals surface area (Å²) >= 11 is 0. The van der Waals surface area contributed by atoms with E-state index in [1.54, 1.807) is 31.2 Å². The Kier molecular flexibility index (Phi) is 5.58. The van der Waals surface area contributed by atoms with E-state index in [1.807, 2.05) is 0 Å². The van der Waals surface area contributed by atoms with Crippen LogP contribution >= 0.6 is 0 Å². The highest BCUT2D eigenvalue weighted by atomic mass is 16.6. The molecular weight excluding hydrogens is 370 g/mol. The molecule has 1 atom stereocenters. The molecule has 1 aliphatic heterocycles. The molecule has 0 spiro atoms. The topological polar surface area (TPSA) is 135 Å². The summed E-state index contributed by atoms with van der Waals surface area (Å²) in [5.41, 5.74) is 1.87. The van der Waals surface area contributed by atoms with Crippen molar-refractivity contribution in [1.82, 2.24) is 5.43 Å². The summed E-state index contributed by atoms with van der Waals surface area (Å²) in [6.07, 6.45) is 0.272. The minimum absolute atomic E-state index is 0.0171. The molecule has 10 nitrogen and oxygen atoms in total. The van der Waals surface area contributed by atoms with Gasteiger partial charge in [-0.3, -0.25) is 14.9 Å². The number of nitro groups is 1. The van der Waals surface area contributed by atoms with Crippen molar-refractivity contribution < 1.29 is 29.0 Å². The molecule has 2 aromatic rings. The summed E-state index contributed by atoms with van der Waals surface area (Å²) < 4.78 is 16.1. The number of carbonyl (C=O) groups excluding carboxylic acids is 1. The molecular formula is C18H16N3O7-. The first-order valence-electron chi connectivity index (χ1n) is 8.33. The Labute approximate surface area is 159 Å². The average molecular weight is 386 g/mol. The summed E-state index contributed by atoms with van der Waals surface area (Å²) in [5.74, 6) is -0.542. The van der Waals surface area contributed by atoms with Gasteiger partial charge in [-0.15, -0.1) is 0 Å². The maximum absolute atomic E-state index is 12.2. The van der Waals surface area contributed by atoms with Crippen LogP contribution in [0.5, 0.6) is 23.0 Å². The van der Waals surface area contributed by atoms with Gasteiger partial charge in [0.2, 0.25) is 6.10 Å². The molecule has 1 heterocycles. The van der Waals surface area contributed by atoms with Crippen LogP contribution < -0.4 is 24.7 Å². The molecule has 3 rings (SSSR count). The molecule has 0 bridgehead atoms. The number of nitro benzene ring substituents is 1. The third kappa shape index (κ3) is 4.11. The Hall–Kier alpha value is -3.82. The SMILES string of the molecule is CCOc1cc(C=NNC(=O)[C@@H]2COc3ccccc3O2)cc([N+](=O)[O-])c1[O-]. The van der Waals surface area contributed by atoms with Gasteiger partial charge in [0.15, 0.2) is 11.5 Å². The second-order valence-electron chi connectivity index (χ2n) is 5.66. The number of rotatable bonds is 6. The normalized spacial score (nSPS) is 15.2. The number of amides is 1. The van der Waals surface area contributed by atoms with Crippen LogP contribution in [0.15, 0.2) is 41.5 Å². The quantitative estimate of drug-likeness (QED) is 0.450. The van der Waals surface area contributed by atoms with Crippen molar-refractivity contribution in [2.75, 3.05) is 13.2 Å². The van der Waals surface area contributed by atoms with Gasteiger partial charge >= 0.3 is 0 Å².